The van der Waals surface area contributed by atoms with Crippen molar-refractivity contribution in [3.63, 3.8) is 0 Å². The van der Waals surface area contributed by atoms with Gasteiger partial charge >= 0.3 is 6.09 Å². The molecule has 2 heterocycles. The number of carbonyl (C=O) groups is 2. The monoisotopic (exact) mass is 415 g/mol. The molecule has 3 N–H and O–H groups in total. The quantitative estimate of drug-likeness (QED) is 0.589. The van der Waals surface area contributed by atoms with Crippen molar-refractivity contribution >= 4 is 23.8 Å². The Morgan fingerprint density at radius 3 is 2.64 bits per heavy atom. The minimum absolute atomic E-state index is 0.0250. The summed E-state index contributed by atoms with van der Waals surface area (Å²) in [7, 11) is 0. The number of piperidine rings is 1. The lowest BCUT2D eigenvalue weighted by atomic mass is 9.89. The van der Waals surface area contributed by atoms with Crippen LogP contribution in [-0.2, 0) is 9.53 Å². The second-order valence-electron chi connectivity index (χ2n) is 8.85. The summed E-state index contributed by atoms with van der Waals surface area (Å²) in [5.74, 6) is 1.73. The highest BCUT2D eigenvalue weighted by atomic mass is 32.2. The Morgan fingerprint density at radius 2 is 2.04 bits per heavy atom. The molecule has 162 valence electrons. The standard InChI is InChI=1S/C20H37N3O4S/c1-6-14(21-19(26)27-7-2)16(24)12-23-11-13-8-9-28-17(13)10-15(23)18(25)22-20(3,4)5/h13-17,24H,6-12H2,1-5H3,(H,21,26)(H,22,25)/t13-,14?,15+,16?,17+/m1/s1. The van der Waals surface area contributed by atoms with Gasteiger partial charge in [0.15, 0.2) is 0 Å². The molecule has 2 amide bonds. The van der Waals surface area contributed by atoms with E-state index in [0.717, 1.165) is 25.1 Å². The van der Waals surface area contributed by atoms with Gasteiger partial charge in [-0.1, -0.05) is 6.92 Å². The number of thioether (sulfide) groups is 1. The molecule has 28 heavy (non-hydrogen) atoms. The predicted octanol–water partition coefficient (Wildman–Crippen LogP) is 1.98. The second kappa shape index (κ2) is 10.2. The number of β-amino-alcohol motifs (C(OH)–C–C–N with tert-alkyl or cyclic N) is 1. The summed E-state index contributed by atoms with van der Waals surface area (Å²) in [5.41, 5.74) is -0.293. The van der Waals surface area contributed by atoms with E-state index >= 15 is 0 Å². The number of nitrogens with one attached hydrogen (secondary N) is 2. The van der Waals surface area contributed by atoms with E-state index in [-0.39, 0.29) is 17.5 Å². The molecule has 7 nitrogen and oxygen atoms in total. The van der Waals surface area contributed by atoms with E-state index in [1.807, 2.05) is 39.5 Å². The number of hydrogen-bond donors (Lipinski definition) is 3. The Kier molecular flexibility index (Phi) is 8.45. The van der Waals surface area contributed by atoms with Crippen LogP contribution in [0, 0.1) is 5.92 Å². The number of rotatable bonds is 7. The number of amides is 2. The number of aliphatic hydroxyl groups is 1. The SMILES string of the molecule is CCOC(=O)NC(CC)C(O)CN1C[C@H]2CCS[C@H]2C[C@H]1C(=O)NC(C)(C)C. The minimum atomic E-state index is -0.759. The Morgan fingerprint density at radius 1 is 1.32 bits per heavy atom. The van der Waals surface area contributed by atoms with Crippen molar-refractivity contribution in [2.45, 2.75) is 82.9 Å². The van der Waals surface area contributed by atoms with Crippen molar-refractivity contribution in [2.24, 2.45) is 5.92 Å². The number of fused-ring (bicyclic) bond motifs is 1. The average Bonchev–Trinajstić information content (AvgIpc) is 3.04. The first kappa shape index (κ1) is 23.3. The number of ether oxygens (including phenoxy) is 1. The van der Waals surface area contributed by atoms with E-state index in [9.17, 15) is 14.7 Å². The van der Waals surface area contributed by atoms with Gasteiger partial charge in [-0.05, 0) is 58.6 Å². The first-order valence-corrected chi connectivity index (χ1v) is 11.5. The van der Waals surface area contributed by atoms with E-state index in [1.165, 1.54) is 0 Å². The molecule has 0 radical (unpaired) electrons. The lowest BCUT2D eigenvalue weighted by Crippen LogP contribution is -2.60. The molecule has 0 aromatic carbocycles. The van der Waals surface area contributed by atoms with Crippen LogP contribution >= 0.6 is 11.8 Å². The van der Waals surface area contributed by atoms with Crippen LogP contribution in [-0.4, -0.2) is 76.4 Å². The molecular formula is C20H37N3O4S. The number of hydrogen-bond acceptors (Lipinski definition) is 6. The normalized spacial score (nSPS) is 27.6. The van der Waals surface area contributed by atoms with Crippen LogP contribution < -0.4 is 10.6 Å². The molecular weight excluding hydrogens is 378 g/mol. The van der Waals surface area contributed by atoms with E-state index in [0.29, 0.717) is 30.7 Å². The van der Waals surface area contributed by atoms with Crippen molar-refractivity contribution in [3.05, 3.63) is 0 Å². The largest absolute Gasteiger partial charge is 0.450 e. The van der Waals surface area contributed by atoms with E-state index in [2.05, 4.69) is 15.5 Å². The summed E-state index contributed by atoms with van der Waals surface area (Å²) in [5, 5.41) is 17.2. The summed E-state index contributed by atoms with van der Waals surface area (Å²) < 4.78 is 4.94. The van der Waals surface area contributed by atoms with Crippen LogP contribution in [0.15, 0.2) is 0 Å². The third-order valence-electron chi connectivity index (χ3n) is 5.42. The van der Waals surface area contributed by atoms with Gasteiger partial charge in [-0.15, -0.1) is 0 Å². The summed E-state index contributed by atoms with van der Waals surface area (Å²) in [6, 6.07) is -0.651. The lowest BCUT2D eigenvalue weighted by Gasteiger charge is -2.43. The zero-order valence-electron chi connectivity index (χ0n) is 17.9. The van der Waals surface area contributed by atoms with Gasteiger partial charge in [0.25, 0.3) is 0 Å². The average molecular weight is 416 g/mol. The highest BCUT2D eigenvalue weighted by Gasteiger charge is 2.43. The van der Waals surface area contributed by atoms with Crippen LogP contribution in [0.2, 0.25) is 0 Å². The molecule has 0 spiro atoms. The summed E-state index contributed by atoms with van der Waals surface area (Å²) in [4.78, 5) is 26.8. The Hall–Kier alpha value is -0.990. The smallest absolute Gasteiger partial charge is 0.407 e. The first-order valence-electron chi connectivity index (χ1n) is 10.4. The molecule has 0 bridgehead atoms. The fourth-order valence-electron chi connectivity index (χ4n) is 4.05. The second-order valence-corrected chi connectivity index (χ2v) is 10.2. The van der Waals surface area contributed by atoms with E-state index < -0.39 is 18.2 Å². The fourth-order valence-corrected chi connectivity index (χ4v) is 5.60. The van der Waals surface area contributed by atoms with E-state index in [1.54, 1.807) is 6.92 Å². The molecule has 2 fully saturated rings. The number of carbonyl (C=O) groups excluding carboxylic acids is 2. The molecule has 8 heteroatoms. The van der Waals surface area contributed by atoms with Gasteiger partial charge in [0.1, 0.15) is 0 Å². The van der Waals surface area contributed by atoms with Crippen molar-refractivity contribution in [1.29, 1.82) is 0 Å². The molecule has 2 aliphatic rings. The topological polar surface area (TPSA) is 90.9 Å². The maximum absolute atomic E-state index is 13.0. The summed E-state index contributed by atoms with van der Waals surface area (Å²) >= 11 is 1.97. The van der Waals surface area contributed by atoms with Gasteiger partial charge in [0, 0.05) is 23.9 Å². The van der Waals surface area contributed by atoms with Gasteiger partial charge < -0.3 is 20.5 Å². The number of likely N-dealkylation sites (tertiary alicyclic amines) is 1. The summed E-state index contributed by atoms with van der Waals surface area (Å²) in [6.45, 7) is 11.1. The predicted molar refractivity (Wildman–Crippen MR) is 112 cm³/mol. The zero-order chi connectivity index (χ0) is 20.9. The van der Waals surface area contributed by atoms with Crippen molar-refractivity contribution < 1.29 is 19.4 Å². The molecule has 0 aromatic heterocycles. The molecule has 2 rings (SSSR count). The van der Waals surface area contributed by atoms with Crippen LogP contribution in [0.3, 0.4) is 0 Å². The van der Waals surface area contributed by atoms with Gasteiger partial charge in [-0.3, -0.25) is 9.69 Å². The number of nitrogens with zero attached hydrogens (tertiary/aromatic N) is 1. The van der Waals surface area contributed by atoms with Crippen LogP contribution in [0.5, 0.6) is 0 Å². The molecule has 2 unspecified atom stereocenters. The van der Waals surface area contributed by atoms with Crippen molar-refractivity contribution in [1.82, 2.24) is 15.5 Å². The molecule has 0 aliphatic carbocycles. The number of aliphatic hydroxyl groups excluding tert-OH is 1. The molecule has 0 aromatic rings. The summed E-state index contributed by atoms with van der Waals surface area (Å²) in [6.07, 6.45) is 1.29. The van der Waals surface area contributed by atoms with Gasteiger partial charge in [0.05, 0.1) is 24.8 Å². The Labute approximate surface area is 173 Å². The van der Waals surface area contributed by atoms with E-state index in [4.69, 9.17) is 4.74 Å². The maximum Gasteiger partial charge on any atom is 0.407 e. The van der Waals surface area contributed by atoms with Crippen LogP contribution in [0.1, 0.15) is 53.9 Å². The zero-order valence-corrected chi connectivity index (χ0v) is 18.7. The highest BCUT2D eigenvalue weighted by molar-refractivity contribution is 8.00. The molecule has 2 saturated heterocycles. The Bertz CT molecular complexity index is 540. The molecule has 2 aliphatic heterocycles. The lowest BCUT2D eigenvalue weighted by molar-refractivity contribution is -0.130. The minimum Gasteiger partial charge on any atom is -0.450 e. The van der Waals surface area contributed by atoms with Crippen molar-refractivity contribution in [3.8, 4) is 0 Å². The molecule has 0 saturated carbocycles. The van der Waals surface area contributed by atoms with Crippen molar-refractivity contribution in [2.75, 3.05) is 25.4 Å². The van der Waals surface area contributed by atoms with Gasteiger partial charge in [-0.2, -0.15) is 11.8 Å². The first-order chi connectivity index (χ1) is 13.1. The van der Waals surface area contributed by atoms with Gasteiger partial charge in [-0.25, -0.2) is 4.79 Å². The number of alkyl carbamates (subject to hydrolysis) is 1. The maximum atomic E-state index is 13.0. The fraction of sp³-hybridized carbons (Fsp3) is 0.900. The highest BCUT2D eigenvalue weighted by Crippen LogP contribution is 2.40. The third-order valence-corrected chi connectivity index (χ3v) is 6.89. The van der Waals surface area contributed by atoms with Crippen LogP contribution in [0.4, 0.5) is 4.79 Å². The third kappa shape index (κ3) is 6.52. The Balaban J connectivity index is 2.06. The van der Waals surface area contributed by atoms with Gasteiger partial charge in [0.2, 0.25) is 5.91 Å². The molecule has 5 atom stereocenters. The van der Waals surface area contributed by atoms with Crippen LogP contribution in [0.25, 0.3) is 0 Å².